The Balaban J connectivity index is 1.97. The van der Waals surface area contributed by atoms with Crippen LogP contribution in [0.2, 0.25) is 5.02 Å². The van der Waals surface area contributed by atoms with Crippen molar-refractivity contribution in [2.24, 2.45) is 13.0 Å². The fraction of sp³-hybridized carbons (Fsp3) is 0.786. The zero-order valence-corrected chi connectivity index (χ0v) is 12.4. The summed E-state index contributed by atoms with van der Waals surface area (Å²) in [4.78, 5) is 0. The van der Waals surface area contributed by atoms with Crippen molar-refractivity contribution >= 4 is 11.6 Å². The molecule has 18 heavy (non-hydrogen) atoms. The molecule has 1 heterocycles. The van der Waals surface area contributed by atoms with Crippen molar-refractivity contribution in [1.29, 1.82) is 0 Å². The normalized spacial score (nSPS) is 25.1. The van der Waals surface area contributed by atoms with E-state index in [0.29, 0.717) is 6.04 Å². The van der Waals surface area contributed by atoms with Crippen molar-refractivity contribution in [2.45, 2.75) is 58.5 Å². The second-order valence-electron chi connectivity index (χ2n) is 5.57. The minimum Gasteiger partial charge on any atom is -0.308 e. The van der Waals surface area contributed by atoms with E-state index in [1.165, 1.54) is 32.1 Å². The third-order valence-electron chi connectivity index (χ3n) is 4.15. The van der Waals surface area contributed by atoms with E-state index >= 15 is 0 Å². The van der Waals surface area contributed by atoms with E-state index in [1.807, 2.05) is 18.7 Å². The molecule has 0 bridgehead atoms. The highest BCUT2D eigenvalue weighted by molar-refractivity contribution is 6.31. The largest absolute Gasteiger partial charge is 0.308 e. The molecule has 0 aliphatic heterocycles. The summed E-state index contributed by atoms with van der Waals surface area (Å²) in [5.41, 5.74) is 2.02. The lowest BCUT2D eigenvalue weighted by Gasteiger charge is -2.23. The van der Waals surface area contributed by atoms with E-state index < -0.39 is 0 Å². The van der Waals surface area contributed by atoms with Crippen LogP contribution in [0.15, 0.2) is 0 Å². The predicted octanol–water partition coefficient (Wildman–Crippen LogP) is 3.44. The maximum atomic E-state index is 6.28. The molecule has 1 saturated carbocycles. The number of hydrogen-bond donors (Lipinski definition) is 1. The average Bonchev–Trinajstić information content (AvgIpc) is 2.51. The molecular formula is C14H24ClN3. The summed E-state index contributed by atoms with van der Waals surface area (Å²) in [7, 11) is 1.96. The predicted molar refractivity (Wildman–Crippen MR) is 75.8 cm³/mol. The molecule has 0 aromatic carbocycles. The lowest BCUT2D eigenvalue weighted by Crippen LogP contribution is -2.34. The standard InChI is InChI=1S/C14H24ClN3/c1-10-7-5-4-6-8-12(10)16-9-13-14(15)11(2)17-18(13)3/h10,12,16H,4-9H2,1-3H3. The van der Waals surface area contributed by atoms with Gasteiger partial charge in [-0.25, -0.2) is 0 Å². The smallest absolute Gasteiger partial charge is 0.0860 e. The lowest BCUT2D eigenvalue weighted by atomic mass is 9.97. The minimum absolute atomic E-state index is 0.624. The van der Waals surface area contributed by atoms with Crippen molar-refractivity contribution in [1.82, 2.24) is 15.1 Å². The highest BCUT2D eigenvalue weighted by atomic mass is 35.5. The zero-order chi connectivity index (χ0) is 13.1. The van der Waals surface area contributed by atoms with Crippen molar-refractivity contribution in [3.05, 3.63) is 16.4 Å². The van der Waals surface area contributed by atoms with Gasteiger partial charge in [-0.1, -0.05) is 37.8 Å². The molecule has 2 rings (SSSR count). The number of nitrogens with zero attached hydrogens (tertiary/aromatic N) is 2. The van der Waals surface area contributed by atoms with Crippen LogP contribution in [0.1, 0.15) is 50.4 Å². The number of hydrogen-bond acceptors (Lipinski definition) is 2. The van der Waals surface area contributed by atoms with Crippen molar-refractivity contribution in [3.63, 3.8) is 0 Å². The first-order valence-corrected chi connectivity index (χ1v) is 7.38. The van der Waals surface area contributed by atoms with E-state index in [-0.39, 0.29) is 0 Å². The lowest BCUT2D eigenvalue weighted by molar-refractivity contribution is 0.352. The first-order valence-electron chi connectivity index (χ1n) is 7.01. The summed E-state index contributed by atoms with van der Waals surface area (Å²) in [6.45, 7) is 5.14. The van der Waals surface area contributed by atoms with Crippen molar-refractivity contribution in [3.8, 4) is 0 Å². The van der Waals surface area contributed by atoms with Crippen LogP contribution in [0, 0.1) is 12.8 Å². The fourth-order valence-electron chi connectivity index (χ4n) is 2.90. The number of halogens is 1. The monoisotopic (exact) mass is 269 g/mol. The fourth-order valence-corrected chi connectivity index (χ4v) is 3.12. The Morgan fingerprint density at radius 3 is 2.72 bits per heavy atom. The van der Waals surface area contributed by atoms with Crippen LogP contribution in [0.5, 0.6) is 0 Å². The molecule has 3 nitrogen and oxygen atoms in total. The average molecular weight is 270 g/mol. The Bertz CT molecular complexity index is 400. The van der Waals surface area contributed by atoms with E-state index in [4.69, 9.17) is 11.6 Å². The van der Waals surface area contributed by atoms with Gasteiger partial charge in [0.2, 0.25) is 0 Å². The third-order valence-corrected chi connectivity index (χ3v) is 4.65. The minimum atomic E-state index is 0.624. The molecule has 0 amide bonds. The second-order valence-corrected chi connectivity index (χ2v) is 5.95. The summed E-state index contributed by atoms with van der Waals surface area (Å²) in [5, 5.41) is 8.85. The molecule has 1 aromatic heterocycles. The molecule has 1 aliphatic rings. The number of rotatable bonds is 3. The van der Waals surface area contributed by atoms with Gasteiger partial charge in [-0.2, -0.15) is 5.10 Å². The topological polar surface area (TPSA) is 29.9 Å². The molecule has 102 valence electrons. The van der Waals surface area contributed by atoms with Gasteiger partial charge in [-0.3, -0.25) is 4.68 Å². The molecule has 2 atom stereocenters. The SMILES string of the molecule is Cc1nn(C)c(CNC2CCCCCC2C)c1Cl. The van der Waals surface area contributed by atoms with Crippen LogP contribution in [-0.4, -0.2) is 15.8 Å². The maximum absolute atomic E-state index is 6.28. The molecule has 4 heteroatoms. The van der Waals surface area contributed by atoms with Gasteiger partial charge in [0.05, 0.1) is 16.4 Å². The molecule has 1 aromatic rings. The van der Waals surface area contributed by atoms with Crippen molar-refractivity contribution in [2.75, 3.05) is 0 Å². The molecular weight excluding hydrogens is 246 g/mol. The van der Waals surface area contributed by atoms with Gasteiger partial charge in [-0.15, -0.1) is 0 Å². The first kappa shape index (κ1) is 13.9. The first-order chi connectivity index (χ1) is 8.59. The van der Waals surface area contributed by atoms with Gasteiger partial charge >= 0.3 is 0 Å². The summed E-state index contributed by atoms with van der Waals surface area (Å²) in [6.07, 6.45) is 6.74. The van der Waals surface area contributed by atoms with Crippen LogP contribution in [0.4, 0.5) is 0 Å². The zero-order valence-electron chi connectivity index (χ0n) is 11.7. The van der Waals surface area contributed by atoms with E-state index in [9.17, 15) is 0 Å². The molecule has 2 unspecified atom stereocenters. The molecule has 1 N–H and O–H groups in total. The molecule has 1 aliphatic carbocycles. The maximum Gasteiger partial charge on any atom is 0.0860 e. The molecule has 1 fully saturated rings. The Morgan fingerprint density at radius 1 is 1.33 bits per heavy atom. The number of aryl methyl sites for hydroxylation is 2. The molecule has 0 saturated heterocycles. The van der Waals surface area contributed by atoms with Gasteiger partial charge < -0.3 is 5.32 Å². The Morgan fingerprint density at radius 2 is 2.06 bits per heavy atom. The van der Waals surface area contributed by atoms with Gasteiger partial charge in [0, 0.05) is 19.6 Å². The summed E-state index contributed by atoms with van der Waals surface area (Å²) in [6, 6.07) is 0.624. The van der Waals surface area contributed by atoms with Gasteiger partial charge in [0.1, 0.15) is 0 Å². The number of aromatic nitrogens is 2. The quantitative estimate of drug-likeness (QED) is 0.852. The Hall–Kier alpha value is -0.540. The molecule has 0 radical (unpaired) electrons. The van der Waals surface area contributed by atoms with Crippen LogP contribution in [0.25, 0.3) is 0 Å². The summed E-state index contributed by atoms with van der Waals surface area (Å²) >= 11 is 6.28. The Kier molecular flexibility index (Phi) is 4.68. The third kappa shape index (κ3) is 3.07. The number of nitrogens with one attached hydrogen (secondary N) is 1. The van der Waals surface area contributed by atoms with E-state index in [1.54, 1.807) is 0 Å². The van der Waals surface area contributed by atoms with Crippen LogP contribution in [-0.2, 0) is 13.6 Å². The highest BCUT2D eigenvalue weighted by Crippen LogP contribution is 2.24. The Labute approximate surface area is 115 Å². The van der Waals surface area contributed by atoms with Crippen LogP contribution >= 0.6 is 11.6 Å². The van der Waals surface area contributed by atoms with E-state index in [0.717, 1.165) is 28.9 Å². The van der Waals surface area contributed by atoms with Crippen LogP contribution in [0.3, 0.4) is 0 Å². The van der Waals surface area contributed by atoms with Crippen molar-refractivity contribution < 1.29 is 0 Å². The summed E-state index contributed by atoms with van der Waals surface area (Å²) in [5.74, 6) is 0.764. The highest BCUT2D eigenvalue weighted by Gasteiger charge is 2.20. The van der Waals surface area contributed by atoms with Crippen LogP contribution < -0.4 is 5.32 Å². The second kappa shape index (κ2) is 6.07. The summed E-state index contributed by atoms with van der Waals surface area (Å²) < 4.78 is 1.89. The van der Waals surface area contributed by atoms with Gasteiger partial charge in [0.25, 0.3) is 0 Å². The van der Waals surface area contributed by atoms with Gasteiger partial charge in [0.15, 0.2) is 0 Å². The van der Waals surface area contributed by atoms with E-state index in [2.05, 4.69) is 17.3 Å². The van der Waals surface area contributed by atoms with Gasteiger partial charge in [-0.05, 0) is 25.7 Å². The molecule has 0 spiro atoms.